The van der Waals surface area contributed by atoms with E-state index in [0.717, 1.165) is 5.56 Å². The number of halogens is 1. The van der Waals surface area contributed by atoms with Gasteiger partial charge < -0.3 is 25.1 Å². The molecule has 0 saturated carbocycles. The number of carbonyl (C=O) groups is 1. The molecule has 2 aromatic heterocycles. The van der Waals surface area contributed by atoms with Crippen molar-refractivity contribution in [3.8, 4) is 28.7 Å². The first-order valence-corrected chi connectivity index (χ1v) is 12.9. The van der Waals surface area contributed by atoms with Crippen LogP contribution in [0, 0.1) is 23.1 Å². The number of hydrogen-bond donors (Lipinski definition) is 3. The molecule has 204 valence electrons. The molecule has 1 saturated heterocycles. The van der Waals surface area contributed by atoms with Crippen LogP contribution in [0.3, 0.4) is 0 Å². The van der Waals surface area contributed by atoms with Gasteiger partial charge in [-0.3, -0.25) is 4.79 Å². The molecular weight excluding hydrogens is 513 g/mol. The molecule has 0 bridgehead atoms. The molecule has 10 nitrogen and oxygen atoms in total. The van der Waals surface area contributed by atoms with Crippen molar-refractivity contribution in [3.05, 3.63) is 84.1 Å². The Hall–Kier alpha value is -4.66. The van der Waals surface area contributed by atoms with Crippen LogP contribution >= 0.6 is 0 Å². The first-order chi connectivity index (χ1) is 19.6. The van der Waals surface area contributed by atoms with E-state index in [0.29, 0.717) is 67.0 Å². The fourth-order valence-electron chi connectivity index (χ4n) is 4.30. The maximum atomic E-state index is 13.6. The van der Waals surface area contributed by atoms with Crippen LogP contribution in [0.15, 0.2) is 66.9 Å². The van der Waals surface area contributed by atoms with Gasteiger partial charge in [-0.2, -0.15) is 5.26 Å². The Bertz CT molecular complexity index is 1460. The molecule has 0 aliphatic carbocycles. The molecule has 0 radical (unpaired) electrons. The van der Waals surface area contributed by atoms with E-state index in [1.807, 2.05) is 36.4 Å². The number of anilines is 1. The van der Waals surface area contributed by atoms with Gasteiger partial charge in [-0.1, -0.05) is 30.3 Å². The number of hydrogen-bond acceptors (Lipinski definition) is 8. The Balaban J connectivity index is 1.23. The highest BCUT2D eigenvalue weighted by Crippen LogP contribution is 2.30. The van der Waals surface area contributed by atoms with Gasteiger partial charge >= 0.3 is 0 Å². The van der Waals surface area contributed by atoms with Crippen molar-refractivity contribution in [2.75, 3.05) is 31.6 Å². The zero-order valence-electron chi connectivity index (χ0n) is 21.6. The SMILES string of the molecule is N#CCNc1nccc(-c2[nH]c(CC3OCC(CNC(=O)Cc4ccccc4)CO3)nc2-c2ccc(F)cc2)n1. The first-order valence-electron chi connectivity index (χ1n) is 12.9. The van der Waals surface area contributed by atoms with Gasteiger partial charge in [-0.25, -0.2) is 19.3 Å². The number of aromatic nitrogens is 4. The van der Waals surface area contributed by atoms with Gasteiger partial charge in [0.1, 0.15) is 18.2 Å². The van der Waals surface area contributed by atoms with Gasteiger partial charge in [-0.05, 0) is 35.9 Å². The maximum absolute atomic E-state index is 13.6. The van der Waals surface area contributed by atoms with Gasteiger partial charge in [-0.15, -0.1) is 0 Å². The molecule has 0 unspecified atom stereocenters. The third-order valence-electron chi connectivity index (χ3n) is 6.30. The quantitative estimate of drug-likeness (QED) is 0.260. The molecule has 4 aromatic rings. The van der Waals surface area contributed by atoms with Crippen molar-refractivity contribution in [3.63, 3.8) is 0 Å². The monoisotopic (exact) mass is 541 g/mol. The molecule has 1 fully saturated rings. The minimum absolute atomic E-state index is 0.0401. The van der Waals surface area contributed by atoms with Crippen molar-refractivity contribution < 1.29 is 18.7 Å². The first kappa shape index (κ1) is 26.9. The summed E-state index contributed by atoms with van der Waals surface area (Å²) in [6.45, 7) is 1.41. The van der Waals surface area contributed by atoms with Crippen LogP contribution in [0.1, 0.15) is 11.4 Å². The summed E-state index contributed by atoms with van der Waals surface area (Å²) in [5.74, 6) is 0.569. The van der Waals surface area contributed by atoms with Crippen molar-refractivity contribution >= 4 is 11.9 Å². The Morgan fingerprint density at radius 3 is 2.60 bits per heavy atom. The Kier molecular flexibility index (Phi) is 8.70. The Labute approximate surface area is 230 Å². The molecule has 3 N–H and O–H groups in total. The summed E-state index contributed by atoms with van der Waals surface area (Å²) in [5, 5.41) is 14.7. The van der Waals surface area contributed by atoms with Crippen LogP contribution in [0.2, 0.25) is 0 Å². The minimum atomic E-state index is -0.519. The summed E-state index contributed by atoms with van der Waals surface area (Å²) >= 11 is 0. The Morgan fingerprint density at radius 2 is 1.85 bits per heavy atom. The summed E-state index contributed by atoms with van der Waals surface area (Å²) in [4.78, 5) is 29.0. The number of nitrogens with zero attached hydrogens (tertiary/aromatic N) is 4. The van der Waals surface area contributed by atoms with Crippen LogP contribution in [-0.4, -0.2) is 58.4 Å². The second-order valence-corrected chi connectivity index (χ2v) is 9.32. The lowest BCUT2D eigenvalue weighted by molar-refractivity contribution is -0.198. The van der Waals surface area contributed by atoms with E-state index in [-0.39, 0.29) is 24.2 Å². The lowest BCUT2D eigenvalue weighted by Crippen LogP contribution is -2.40. The standard InChI is InChI=1S/C29H28FN7O3/c30-22-8-6-21(7-9-22)27-28(23-10-12-32-29(35-23)33-13-11-31)37-24(36-27)15-26-39-17-20(18-40-26)16-34-25(38)14-19-4-2-1-3-5-19/h1-10,12,20,26H,13-18H2,(H,34,38)(H,36,37)(H,32,33,35). The average molecular weight is 542 g/mol. The number of ether oxygens (including phenoxy) is 2. The van der Waals surface area contributed by atoms with Gasteiger partial charge in [0.05, 0.1) is 49.2 Å². The Morgan fingerprint density at radius 1 is 1.07 bits per heavy atom. The molecule has 1 aliphatic rings. The maximum Gasteiger partial charge on any atom is 0.224 e. The second kappa shape index (κ2) is 12.9. The van der Waals surface area contributed by atoms with Crippen LogP contribution in [0.25, 0.3) is 22.6 Å². The van der Waals surface area contributed by atoms with E-state index >= 15 is 0 Å². The molecule has 0 spiro atoms. The molecule has 11 heteroatoms. The lowest BCUT2D eigenvalue weighted by Gasteiger charge is -2.29. The number of imidazole rings is 1. The predicted molar refractivity (Wildman–Crippen MR) is 145 cm³/mol. The van der Waals surface area contributed by atoms with Crippen molar-refractivity contribution in [2.24, 2.45) is 5.92 Å². The third kappa shape index (κ3) is 7.05. The molecule has 5 rings (SSSR count). The number of rotatable bonds is 10. The number of nitriles is 1. The largest absolute Gasteiger partial charge is 0.355 e. The summed E-state index contributed by atoms with van der Waals surface area (Å²) in [5.41, 5.74) is 3.45. The highest BCUT2D eigenvalue weighted by molar-refractivity contribution is 5.78. The fraction of sp³-hybridized carbons (Fsp3) is 0.276. The molecular formula is C29H28FN7O3. The molecule has 2 aromatic carbocycles. The van der Waals surface area contributed by atoms with Crippen LogP contribution in [0.5, 0.6) is 0 Å². The van der Waals surface area contributed by atoms with Gasteiger partial charge in [0, 0.05) is 24.2 Å². The zero-order chi connectivity index (χ0) is 27.7. The van der Waals surface area contributed by atoms with E-state index in [2.05, 4.69) is 25.6 Å². The predicted octanol–water partition coefficient (Wildman–Crippen LogP) is 3.50. The number of aromatic amines is 1. The van der Waals surface area contributed by atoms with Crippen LogP contribution < -0.4 is 10.6 Å². The smallest absolute Gasteiger partial charge is 0.224 e. The number of amides is 1. The van der Waals surface area contributed by atoms with E-state index in [1.54, 1.807) is 24.4 Å². The third-order valence-corrected chi connectivity index (χ3v) is 6.30. The number of benzene rings is 2. The van der Waals surface area contributed by atoms with E-state index in [4.69, 9.17) is 19.7 Å². The van der Waals surface area contributed by atoms with Crippen molar-refractivity contribution in [1.29, 1.82) is 5.26 Å². The molecule has 0 atom stereocenters. The zero-order valence-corrected chi connectivity index (χ0v) is 21.6. The van der Waals surface area contributed by atoms with E-state index in [1.165, 1.54) is 12.1 Å². The van der Waals surface area contributed by atoms with Crippen LogP contribution in [-0.2, 0) is 27.1 Å². The highest BCUT2D eigenvalue weighted by atomic mass is 19.1. The molecule has 1 amide bonds. The summed E-state index contributed by atoms with van der Waals surface area (Å²) < 4.78 is 25.5. The number of carbonyl (C=O) groups excluding carboxylic acids is 1. The van der Waals surface area contributed by atoms with Gasteiger partial charge in [0.2, 0.25) is 11.9 Å². The second-order valence-electron chi connectivity index (χ2n) is 9.32. The lowest BCUT2D eigenvalue weighted by atomic mass is 10.1. The van der Waals surface area contributed by atoms with Gasteiger partial charge in [0.15, 0.2) is 6.29 Å². The fourth-order valence-corrected chi connectivity index (χ4v) is 4.30. The topological polar surface area (TPSA) is 138 Å². The number of nitrogens with one attached hydrogen (secondary N) is 3. The summed E-state index contributed by atoms with van der Waals surface area (Å²) in [6.07, 6.45) is 1.75. The average Bonchev–Trinajstić information content (AvgIpc) is 3.40. The normalized spacial score (nSPS) is 16.7. The van der Waals surface area contributed by atoms with Crippen molar-refractivity contribution in [2.45, 2.75) is 19.1 Å². The van der Waals surface area contributed by atoms with Crippen LogP contribution in [0.4, 0.5) is 10.3 Å². The number of H-pyrrole nitrogens is 1. The molecule has 40 heavy (non-hydrogen) atoms. The minimum Gasteiger partial charge on any atom is -0.355 e. The molecule has 1 aliphatic heterocycles. The molecule has 3 heterocycles. The van der Waals surface area contributed by atoms with Crippen molar-refractivity contribution in [1.82, 2.24) is 25.3 Å². The van der Waals surface area contributed by atoms with E-state index < -0.39 is 6.29 Å². The summed E-state index contributed by atoms with van der Waals surface area (Å²) in [6, 6.07) is 19.4. The summed E-state index contributed by atoms with van der Waals surface area (Å²) in [7, 11) is 0. The highest BCUT2D eigenvalue weighted by Gasteiger charge is 2.25. The van der Waals surface area contributed by atoms with E-state index in [9.17, 15) is 9.18 Å². The van der Waals surface area contributed by atoms with Gasteiger partial charge in [0.25, 0.3) is 0 Å².